The summed E-state index contributed by atoms with van der Waals surface area (Å²) < 4.78 is 32.4. The van der Waals surface area contributed by atoms with Gasteiger partial charge in [-0.25, -0.2) is 0 Å². The number of carbonyl (C=O) groups excluding carboxylic acids is 4. The fraction of sp³-hybridized carbons (Fsp3) is 0.630. The molecule has 2 heterocycles. The Hall–Kier alpha value is -2.98. The second-order valence-corrected chi connectivity index (χ2v) is 9.10. The molecular weight excluding hydrogens is 540 g/mol. The number of fused-ring (bicyclic) bond motifs is 1. The molecule has 228 valence electrons. The summed E-state index contributed by atoms with van der Waals surface area (Å²) in [5.74, 6) is -2.12. The number of benzene rings is 1. The number of anilines is 1. The summed E-state index contributed by atoms with van der Waals surface area (Å²) in [6.45, 7) is 6.69. The van der Waals surface area contributed by atoms with Crippen molar-refractivity contribution in [3.8, 4) is 0 Å². The number of nitrogens with two attached hydrogens (primary N) is 1. The van der Waals surface area contributed by atoms with Gasteiger partial charge in [0.05, 0.1) is 90.4 Å². The van der Waals surface area contributed by atoms with Crippen LogP contribution in [0.25, 0.3) is 0 Å². The Morgan fingerprint density at radius 1 is 0.732 bits per heavy atom. The zero-order valence-electron chi connectivity index (χ0n) is 23.2. The normalized spacial score (nSPS) is 16.8. The van der Waals surface area contributed by atoms with Crippen molar-refractivity contribution in [2.45, 2.75) is 18.9 Å². The number of nitrogens with one attached hydrogen (secondary N) is 2. The molecule has 0 spiro atoms. The van der Waals surface area contributed by atoms with E-state index in [0.717, 1.165) is 4.90 Å². The van der Waals surface area contributed by atoms with Crippen LogP contribution in [0.5, 0.6) is 0 Å². The molecule has 4 amide bonds. The van der Waals surface area contributed by atoms with Crippen LogP contribution in [-0.2, 0) is 38.0 Å². The van der Waals surface area contributed by atoms with Gasteiger partial charge in [0.15, 0.2) is 0 Å². The molecule has 3 rings (SSSR count). The molecule has 1 unspecified atom stereocenters. The number of imide groups is 2. The molecule has 1 aromatic carbocycles. The zero-order chi connectivity index (χ0) is 29.3. The fourth-order valence-corrected chi connectivity index (χ4v) is 4.13. The van der Waals surface area contributed by atoms with Crippen LogP contribution in [0, 0.1) is 0 Å². The summed E-state index contributed by atoms with van der Waals surface area (Å²) in [5.41, 5.74) is 6.43. The Kier molecular flexibility index (Phi) is 14.6. The van der Waals surface area contributed by atoms with Crippen molar-refractivity contribution in [2.24, 2.45) is 5.73 Å². The second-order valence-electron chi connectivity index (χ2n) is 9.10. The summed E-state index contributed by atoms with van der Waals surface area (Å²) in [6, 6.07) is 3.86. The number of carbonyl (C=O) groups is 4. The predicted molar refractivity (Wildman–Crippen MR) is 146 cm³/mol. The third-order valence-corrected chi connectivity index (χ3v) is 6.14. The average molecular weight is 581 g/mol. The summed E-state index contributed by atoms with van der Waals surface area (Å²) in [4.78, 5) is 50.2. The first kappa shape index (κ1) is 32.5. The number of amides is 4. The first-order valence-electron chi connectivity index (χ1n) is 13.8. The SMILES string of the molecule is NCCOCCOCCOCCOCCOCCOCCNc1ccc2c(c1)C(=O)N(C1CCC(=O)NC1=O)C2=O. The number of hydrogen-bond acceptors (Lipinski definition) is 12. The molecule has 0 aromatic heterocycles. The highest BCUT2D eigenvalue weighted by Crippen LogP contribution is 2.29. The van der Waals surface area contributed by atoms with Crippen molar-refractivity contribution in [2.75, 3.05) is 97.7 Å². The van der Waals surface area contributed by atoms with Gasteiger partial charge < -0.3 is 39.5 Å². The first-order chi connectivity index (χ1) is 20.0. The molecule has 14 nitrogen and oxygen atoms in total. The van der Waals surface area contributed by atoms with Crippen molar-refractivity contribution >= 4 is 29.3 Å². The van der Waals surface area contributed by atoms with E-state index in [0.29, 0.717) is 98.1 Å². The van der Waals surface area contributed by atoms with Crippen LogP contribution in [0.1, 0.15) is 33.6 Å². The number of hydrogen-bond donors (Lipinski definition) is 3. The standard InChI is InChI=1S/C27H40N4O10/c28-5-7-36-9-11-38-13-15-40-17-18-41-16-14-39-12-10-37-8-6-29-20-1-2-21-22(19-20)27(35)31(26(21)34)23-3-4-24(32)30-25(23)33/h1-2,19,23,29H,3-18,28H2,(H,30,32,33). The maximum absolute atomic E-state index is 12.9. The van der Waals surface area contributed by atoms with E-state index in [1.807, 2.05) is 0 Å². The molecule has 2 aliphatic rings. The summed E-state index contributed by atoms with van der Waals surface area (Å²) in [5, 5.41) is 5.34. The van der Waals surface area contributed by atoms with E-state index >= 15 is 0 Å². The third-order valence-electron chi connectivity index (χ3n) is 6.14. The average Bonchev–Trinajstić information content (AvgIpc) is 3.21. The lowest BCUT2D eigenvalue weighted by molar-refractivity contribution is -0.136. The number of nitrogens with zero attached hydrogens (tertiary/aromatic N) is 1. The molecule has 2 aliphatic heterocycles. The van der Waals surface area contributed by atoms with E-state index < -0.39 is 29.7 Å². The van der Waals surface area contributed by atoms with E-state index in [-0.39, 0.29) is 24.0 Å². The van der Waals surface area contributed by atoms with Crippen LogP contribution >= 0.6 is 0 Å². The highest BCUT2D eigenvalue weighted by atomic mass is 16.6. The monoisotopic (exact) mass is 580 g/mol. The molecule has 1 atom stereocenters. The lowest BCUT2D eigenvalue weighted by atomic mass is 10.0. The van der Waals surface area contributed by atoms with Crippen LogP contribution in [0.15, 0.2) is 18.2 Å². The Balaban J connectivity index is 1.17. The van der Waals surface area contributed by atoms with Crippen molar-refractivity contribution in [3.63, 3.8) is 0 Å². The second kappa shape index (κ2) is 18.5. The first-order valence-corrected chi connectivity index (χ1v) is 13.8. The summed E-state index contributed by atoms with van der Waals surface area (Å²) >= 11 is 0. The van der Waals surface area contributed by atoms with E-state index in [2.05, 4.69) is 10.6 Å². The van der Waals surface area contributed by atoms with Gasteiger partial charge in [0.1, 0.15) is 6.04 Å². The molecule has 0 aliphatic carbocycles. The predicted octanol–water partition coefficient (Wildman–Crippen LogP) is -0.442. The van der Waals surface area contributed by atoms with Gasteiger partial charge in [0.2, 0.25) is 11.8 Å². The zero-order valence-corrected chi connectivity index (χ0v) is 23.2. The molecule has 1 fully saturated rings. The van der Waals surface area contributed by atoms with Crippen molar-refractivity contribution in [1.82, 2.24) is 10.2 Å². The quantitative estimate of drug-likeness (QED) is 0.119. The number of piperidine rings is 1. The molecule has 1 saturated heterocycles. The Labute approximate surface area is 239 Å². The molecular formula is C27H40N4O10. The van der Waals surface area contributed by atoms with Crippen LogP contribution in [0.2, 0.25) is 0 Å². The van der Waals surface area contributed by atoms with E-state index in [9.17, 15) is 19.2 Å². The summed E-state index contributed by atoms with van der Waals surface area (Å²) in [6.07, 6.45) is 0.199. The molecule has 0 bridgehead atoms. The van der Waals surface area contributed by atoms with Crippen molar-refractivity contribution in [3.05, 3.63) is 29.3 Å². The minimum atomic E-state index is -0.985. The Morgan fingerprint density at radius 2 is 1.24 bits per heavy atom. The van der Waals surface area contributed by atoms with Crippen molar-refractivity contribution in [1.29, 1.82) is 0 Å². The van der Waals surface area contributed by atoms with Crippen molar-refractivity contribution < 1.29 is 47.6 Å². The summed E-state index contributed by atoms with van der Waals surface area (Å²) in [7, 11) is 0. The van der Waals surface area contributed by atoms with E-state index in [1.54, 1.807) is 18.2 Å². The molecule has 14 heteroatoms. The third kappa shape index (κ3) is 10.7. The highest BCUT2D eigenvalue weighted by molar-refractivity contribution is 6.23. The largest absolute Gasteiger partial charge is 0.383 e. The van der Waals surface area contributed by atoms with Crippen LogP contribution < -0.4 is 16.4 Å². The van der Waals surface area contributed by atoms with Gasteiger partial charge in [-0.15, -0.1) is 0 Å². The van der Waals surface area contributed by atoms with Crippen LogP contribution in [-0.4, -0.2) is 127 Å². The minimum Gasteiger partial charge on any atom is -0.383 e. The molecule has 41 heavy (non-hydrogen) atoms. The Bertz CT molecular complexity index is 1010. The minimum absolute atomic E-state index is 0.0792. The highest BCUT2D eigenvalue weighted by Gasteiger charge is 2.44. The van der Waals surface area contributed by atoms with Gasteiger partial charge in [-0.2, -0.15) is 0 Å². The van der Waals surface area contributed by atoms with E-state index in [1.165, 1.54) is 0 Å². The number of ether oxygens (including phenoxy) is 6. The van der Waals surface area contributed by atoms with Gasteiger partial charge in [-0.3, -0.25) is 29.4 Å². The maximum Gasteiger partial charge on any atom is 0.262 e. The van der Waals surface area contributed by atoms with Gasteiger partial charge in [0, 0.05) is 25.2 Å². The molecule has 0 radical (unpaired) electrons. The topological polar surface area (TPSA) is 177 Å². The van der Waals surface area contributed by atoms with Gasteiger partial charge in [0.25, 0.3) is 11.8 Å². The van der Waals surface area contributed by atoms with Crippen LogP contribution in [0.3, 0.4) is 0 Å². The molecule has 0 saturated carbocycles. The van der Waals surface area contributed by atoms with E-state index in [4.69, 9.17) is 34.2 Å². The van der Waals surface area contributed by atoms with Crippen LogP contribution in [0.4, 0.5) is 5.69 Å². The van der Waals surface area contributed by atoms with Gasteiger partial charge in [-0.05, 0) is 24.6 Å². The molecule has 4 N–H and O–H groups in total. The Morgan fingerprint density at radius 3 is 1.78 bits per heavy atom. The smallest absolute Gasteiger partial charge is 0.262 e. The lowest BCUT2D eigenvalue weighted by Gasteiger charge is -2.27. The van der Waals surface area contributed by atoms with Gasteiger partial charge >= 0.3 is 0 Å². The lowest BCUT2D eigenvalue weighted by Crippen LogP contribution is -2.54. The van der Waals surface area contributed by atoms with Gasteiger partial charge in [-0.1, -0.05) is 0 Å². The number of rotatable bonds is 22. The molecule has 1 aromatic rings. The fourth-order valence-electron chi connectivity index (χ4n) is 4.13. The maximum atomic E-state index is 12.9.